The first kappa shape index (κ1) is 14.4. The molecule has 106 valence electrons. The Bertz CT molecular complexity index is 579. The molecule has 2 aromatic rings. The van der Waals surface area contributed by atoms with Gasteiger partial charge in [0.25, 0.3) is 5.91 Å². The third-order valence-corrected chi connectivity index (χ3v) is 3.94. The molecule has 0 unspecified atom stereocenters. The summed E-state index contributed by atoms with van der Waals surface area (Å²) in [5.41, 5.74) is 8.07. The van der Waals surface area contributed by atoms with E-state index in [0.29, 0.717) is 17.8 Å². The van der Waals surface area contributed by atoms with Crippen molar-refractivity contribution in [2.45, 2.75) is 6.42 Å². The van der Waals surface area contributed by atoms with Gasteiger partial charge in [-0.15, -0.1) is 11.3 Å². The largest absolute Gasteiger partial charge is 0.397 e. The van der Waals surface area contributed by atoms with Crippen LogP contribution < -0.4 is 16.0 Å². The lowest BCUT2D eigenvalue weighted by atomic mass is 10.1. The summed E-state index contributed by atoms with van der Waals surface area (Å²) >= 11 is 1.70. The molecule has 3 N–H and O–H groups in total. The smallest absolute Gasteiger partial charge is 0.251 e. The van der Waals surface area contributed by atoms with E-state index >= 15 is 0 Å². The highest BCUT2D eigenvalue weighted by Gasteiger charge is 2.08. The summed E-state index contributed by atoms with van der Waals surface area (Å²) in [4.78, 5) is 15.2. The molecule has 4 nitrogen and oxygen atoms in total. The number of anilines is 2. The van der Waals surface area contributed by atoms with Crippen LogP contribution in [0.2, 0.25) is 0 Å². The summed E-state index contributed by atoms with van der Waals surface area (Å²) in [5, 5.41) is 4.95. The van der Waals surface area contributed by atoms with Crippen molar-refractivity contribution in [3.8, 4) is 0 Å². The van der Waals surface area contributed by atoms with Gasteiger partial charge in [0, 0.05) is 31.1 Å². The number of nitrogens with one attached hydrogen (secondary N) is 1. The standard InChI is InChI=1S/C15H19N3OS/c1-18(2)14-6-5-11(10-13(14)16)15(19)17-8-7-12-4-3-9-20-12/h3-6,9-10H,7-8,16H2,1-2H3,(H,17,19). The van der Waals surface area contributed by atoms with Gasteiger partial charge in [0.1, 0.15) is 0 Å². The highest BCUT2D eigenvalue weighted by Crippen LogP contribution is 2.22. The first-order valence-electron chi connectivity index (χ1n) is 6.45. The first-order chi connectivity index (χ1) is 9.58. The average Bonchev–Trinajstić information content (AvgIpc) is 2.91. The maximum Gasteiger partial charge on any atom is 0.251 e. The van der Waals surface area contributed by atoms with Crippen LogP contribution in [0.15, 0.2) is 35.7 Å². The number of carbonyl (C=O) groups is 1. The molecule has 0 bridgehead atoms. The van der Waals surface area contributed by atoms with Crippen molar-refractivity contribution in [1.29, 1.82) is 0 Å². The second-order valence-electron chi connectivity index (χ2n) is 4.75. The number of carbonyl (C=O) groups excluding carboxylic acids is 1. The number of benzene rings is 1. The van der Waals surface area contributed by atoms with Crippen LogP contribution in [-0.2, 0) is 6.42 Å². The van der Waals surface area contributed by atoms with E-state index in [1.807, 2.05) is 36.5 Å². The van der Waals surface area contributed by atoms with Crippen molar-refractivity contribution in [1.82, 2.24) is 5.32 Å². The SMILES string of the molecule is CN(C)c1ccc(C(=O)NCCc2cccs2)cc1N. The second-order valence-corrected chi connectivity index (χ2v) is 5.79. The molecule has 1 heterocycles. The van der Waals surface area contributed by atoms with Gasteiger partial charge < -0.3 is 16.0 Å². The maximum atomic E-state index is 12.0. The molecule has 0 aliphatic rings. The lowest BCUT2D eigenvalue weighted by molar-refractivity contribution is 0.0954. The van der Waals surface area contributed by atoms with Gasteiger partial charge in [-0.25, -0.2) is 0 Å². The van der Waals surface area contributed by atoms with E-state index in [2.05, 4.69) is 11.4 Å². The van der Waals surface area contributed by atoms with Gasteiger partial charge in [0.05, 0.1) is 11.4 Å². The molecular formula is C15H19N3OS. The van der Waals surface area contributed by atoms with Crippen LogP contribution in [0.25, 0.3) is 0 Å². The zero-order valence-corrected chi connectivity index (χ0v) is 12.5. The number of thiophene rings is 1. The van der Waals surface area contributed by atoms with Gasteiger partial charge in [-0.2, -0.15) is 0 Å². The Kier molecular flexibility index (Phi) is 4.63. The van der Waals surface area contributed by atoms with Crippen LogP contribution in [-0.4, -0.2) is 26.5 Å². The van der Waals surface area contributed by atoms with E-state index in [-0.39, 0.29) is 5.91 Å². The van der Waals surface area contributed by atoms with Gasteiger partial charge in [-0.05, 0) is 36.1 Å². The van der Waals surface area contributed by atoms with Crippen LogP contribution in [0.5, 0.6) is 0 Å². The molecule has 0 saturated carbocycles. The van der Waals surface area contributed by atoms with Crippen molar-refractivity contribution in [3.63, 3.8) is 0 Å². The number of nitrogens with two attached hydrogens (primary N) is 1. The van der Waals surface area contributed by atoms with Crippen LogP contribution in [0.1, 0.15) is 15.2 Å². The summed E-state index contributed by atoms with van der Waals surface area (Å²) in [7, 11) is 3.85. The average molecular weight is 289 g/mol. The molecular weight excluding hydrogens is 270 g/mol. The van der Waals surface area contributed by atoms with Gasteiger partial charge >= 0.3 is 0 Å². The molecule has 1 amide bonds. The van der Waals surface area contributed by atoms with Gasteiger partial charge in [0.2, 0.25) is 0 Å². The molecule has 20 heavy (non-hydrogen) atoms. The van der Waals surface area contributed by atoms with Crippen molar-refractivity contribution in [2.75, 3.05) is 31.3 Å². The highest BCUT2D eigenvalue weighted by molar-refractivity contribution is 7.09. The minimum atomic E-state index is -0.0847. The van der Waals surface area contributed by atoms with Crippen molar-refractivity contribution in [3.05, 3.63) is 46.2 Å². The van der Waals surface area contributed by atoms with Crippen LogP contribution in [0.3, 0.4) is 0 Å². The molecule has 0 atom stereocenters. The topological polar surface area (TPSA) is 58.4 Å². The Balaban J connectivity index is 1.94. The zero-order valence-electron chi connectivity index (χ0n) is 11.7. The molecule has 0 aliphatic carbocycles. The zero-order chi connectivity index (χ0) is 14.5. The summed E-state index contributed by atoms with van der Waals surface area (Å²) in [6.45, 7) is 0.634. The van der Waals surface area contributed by atoms with Gasteiger partial charge in [-0.1, -0.05) is 6.07 Å². The molecule has 1 aromatic heterocycles. The molecule has 0 spiro atoms. The fraction of sp³-hybridized carbons (Fsp3) is 0.267. The lowest BCUT2D eigenvalue weighted by Crippen LogP contribution is -2.25. The summed E-state index contributed by atoms with van der Waals surface area (Å²) in [6, 6.07) is 9.47. The predicted molar refractivity (Wildman–Crippen MR) is 85.5 cm³/mol. The summed E-state index contributed by atoms with van der Waals surface area (Å²) in [5.74, 6) is -0.0847. The number of nitrogens with zero attached hydrogens (tertiary/aromatic N) is 1. The quantitative estimate of drug-likeness (QED) is 0.831. The van der Waals surface area contributed by atoms with Crippen molar-refractivity contribution in [2.24, 2.45) is 0 Å². The highest BCUT2D eigenvalue weighted by atomic mass is 32.1. The minimum absolute atomic E-state index is 0.0847. The minimum Gasteiger partial charge on any atom is -0.397 e. The maximum absolute atomic E-state index is 12.0. The Labute approximate surface area is 123 Å². The number of hydrogen-bond acceptors (Lipinski definition) is 4. The van der Waals surface area contributed by atoms with E-state index in [0.717, 1.165) is 12.1 Å². The fourth-order valence-corrected chi connectivity index (χ4v) is 2.67. The molecule has 0 aliphatic heterocycles. The molecule has 5 heteroatoms. The Morgan fingerprint density at radius 2 is 2.15 bits per heavy atom. The van der Waals surface area contributed by atoms with E-state index in [9.17, 15) is 4.79 Å². The number of rotatable bonds is 5. The molecule has 0 radical (unpaired) electrons. The number of nitrogen functional groups attached to an aromatic ring is 1. The predicted octanol–water partition coefficient (Wildman–Crippen LogP) is 2.37. The van der Waals surface area contributed by atoms with E-state index in [4.69, 9.17) is 5.73 Å². The first-order valence-corrected chi connectivity index (χ1v) is 7.33. The molecule has 0 saturated heterocycles. The number of hydrogen-bond donors (Lipinski definition) is 2. The summed E-state index contributed by atoms with van der Waals surface area (Å²) in [6.07, 6.45) is 0.856. The van der Waals surface area contributed by atoms with Crippen LogP contribution >= 0.6 is 11.3 Å². The van der Waals surface area contributed by atoms with Crippen LogP contribution in [0.4, 0.5) is 11.4 Å². The normalized spacial score (nSPS) is 10.3. The number of amides is 1. The Hall–Kier alpha value is -2.01. The van der Waals surface area contributed by atoms with E-state index in [1.165, 1.54) is 4.88 Å². The fourth-order valence-electron chi connectivity index (χ4n) is 1.96. The molecule has 2 rings (SSSR count). The van der Waals surface area contributed by atoms with Crippen molar-refractivity contribution < 1.29 is 4.79 Å². The third kappa shape index (κ3) is 3.51. The van der Waals surface area contributed by atoms with E-state index < -0.39 is 0 Å². The molecule has 1 aromatic carbocycles. The molecule has 0 fully saturated rings. The Morgan fingerprint density at radius 1 is 1.35 bits per heavy atom. The van der Waals surface area contributed by atoms with Gasteiger partial charge in [0.15, 0.2) is 0 Å². The Morgan fingerprint density at radius 3 is 2.75 bits per heavy atom. The second kappa shape index (κ2) is 6.43. The van der Waals surface area contributed by atoms with E-state index in [1.54, 1.807) is 23.5 Å². The monoisotopic (exact) mass is 289 g/mol. The van der Waals surface area contributed by atoms with Crippen LogP contribution in [0, 0.1) is 0 Å². The lowest BCUT2D eigenvalue weighted by Gasteiger charge is -2.15. The van der Waals surface area contributed by atoms with Crippen molar-refractivity contribution >= 4 is 28.6 Å². The summed E-state index contributed by atoms with van der Waals surface area (Å²) < 4.78 is 0. The third-order valence-electron chi connectivity index (χ3n) is 3.01. The van der Waals surface area contributed by atoms with Gasteiger partial charge in [-0.3, -0.25) is 4.79 Å².